The van der Waals surface area contributed by atoms with E-state index in [0.29, 0.717) is 5.56 Å². The van der Waals surface area contributed by atoms with Gasteiger partial charge in [0.25, 0.3) is 12.3 Å². The van der Waals surface area contributed by atoms with Crippen LogP contribution in [0.2, 0.25) is 5.02 Å². The molecule has 2 aromatic heterocycles. The monoisotopic (exact) mass is 425 g/mol. The molecule has 0 radical (unpaired) electrons. The predicted molar refractivity (Wildman–Crippen MR) is 100 cm³/mol. The minimum absolute atomic E-state index is 0.0130. The zero-order valence-corrected chi connectivity index (χ0v) is 16.1. The van der Waals surface area contributed by atoms with Gasteiger partial charge in [-0.1, -0.05) is 11.6 Å². The summed E-state index contributed by atoms with van der Waals surface area (Å²) in [5, 5.41) is 5.36. The van der Waals surface area contributed by atoms with E-state index in [1.807, 2.05) is 0 Å². The van der Waals surface area contributed by atoms with E-state index >= 15 is 0 Å². The first-order chi connectivity index (χ1) is 13.8. The molecule has 2 heterocycles. The summed E-state index contributed by atoms with van der Waals surface area (Å²) >= 11 is 6.00. The number of carbonyl (C=O) groups is 2. The quantitative estimate of drug-likeness (QED) is 0.673. The molecule has 3 rings (SSSR count). The first-order valence-corrected chi connectivity index (χ1v) is 9.22. The fraction of sp³-hybridized carbons (Fsp3) is 0.389. The molecule has 1 unspecified atom stereocenters. The van der Waals surface area contributed by atoms with Gasteiger partial charge in [0.1, 0.15) is 10.7 Å². The smallest absolute Gasteiger partial charge is 0.272 e. The van der Waals surface area contributed by atoms with Crippen LogP contribution in [0, 0.1) is 5.92 Å². The highest BCUT2D eigenvalue weighted by Gasteiger charge is 2.30. The molecule has 8 nitrogen and oxygen atoms in total. The Morgan fingerprint density at radius 1 is 1.34 bits per heavy atom. The van der Waals surface area contributed by atoms with Gasteiger partial charge in [-0.05, 0) is 37.5 Å². The number of rotatable bonds is 8. The topological polar surface area (TPSA) is 106 Å². The van der Waals surface area contributed by atoms with E-state index in [4.69, 9.17) is 16.3 Å². The van der Waals surface area contributed by atoms with Gasteiger partial charge in [0.05, 0.1) is 6.04 Å². The van der Waals surface area contributed by atoms with E-state index in [9.17, 15) is 18.4 Å². The molecule has 0 aromatic carbocycles. The number of nitrogens with one attached hydrogen (secondary N) is 2. The van der Waals surface area contributed by atoms with Crippen molar-refractivity contribution in [3.63, 3.8) is 0 Å². The fourth-order valence-corrected chi connectivity index (χ4v) is 2.61. The number of ether oxygens (including phenoxy) is 1. The SMILES string of the molecule is CC(NC(=O)c1ccnc(NC(=O)C2CC2)n1)c1cnc(OCC(F)F)c(Cl)c1. The van der Waals surface area contributed by atoms with E-state index in [1.54, 1.807) is 6.92 Å². The molecular weight excluding hydrogens is 408 g/mol. The number of hydrogen-bond acceptors (Lipinski definition) is 6. The zero-order chi connectivity index (χ0) is 21.0. The molecule has 11 heteroatoms. The number of aromatic nitrogens is 3. The van der Waals surface area contributed by atoms with Crippen molar-refractivity contribution in [1.29, 1.82) is 0 Å². The second-order valence-corrected chi connectivity index (χ2v) is 6.89. The molecule has 0 aliphatic heterocycles. The van der Waals surface area contributed by atoms with Crippen LogP contribution in [0.4, 0.5) is 14.7 Å². The molecule has 0 bridgehead atoms. The van der Waals surface area contributed by atoms with Crippen LogP contribution in [0.25, 0.3) is 0 Å². The highest BCUT2D eigenvalue weighted by Crippen LogP contribution is 2.29. The van der Waals surface area contributed by atoms with Crippen LogP contribution in [-0.4, -0.2) is 39.8 Å². The lowest BCUT2D eigenvalue weighted by Gasteiger charge is -2.15. The van der Waals surface area contributed by atoms with Crippen molar-refractivity contribution in [3.8, 4) is 5.88 Å². The lowest BCUT2D eigenvalue weighted by molar-refractivity contribution is -0.117. The summed E-state index contributed by atoms with van der Waals surface area (Å²) in [6.45, 7) is 0.883. The average molecular weight is 426 g/mol. The summed E-state index contributed by atoms with van der Waals surface area (Å²) in [4.78, 5) is 36.2. The van der Waals surface area contributed by atoms with E-state index in [0.717, 1.165) is 12.8 Å². The van der Waals surface area contributed by atoms with Crippen molar-refractivity contribution < 1.29 is 23.1 Å². The largest absolute Gasteiger partial charge is 0.471 e. The lowest BCUT2D eigenvalue weighted by atomic mass is 10.1. The van der Waals surface area contributed by atoms with E-state index in [2.05, 4.69) is 25.6 Å². The van der Waals surface area contributed by atoms with Crippen LogP contribution in [0.5, 0.6) is 5.88 Å². The molecule has 1 atom stereocenters. The highest BCUT2D eigenvalue weighted by atomic mass is 35.5. The number of carbonyl (C=O) groups excluding carboxylic acids is 2. The maximum atomic E-state index is 12.5. The van der Waals surface area contributed by atoms with Gasteiger partial charge in [-0.2, -0.15) is 0 Å². The molecule has 1 saturated carbocycles. The first kappa shape index (κ1) is 20.8. The van der Waals surface area contributed by atoms with E-state index in [-0.39, 0.29) is 34.4 Å². The van der Waals surface area contributed by atoms with Crippen molar-refractivity contribution in [3.05, 3.63) is 40.8 Å². The summed E-state index contributed by atoms with van der Waals surface area (Å²) in [5.41, 5.74) is 0.623. The molecule has 2 amide bonds. The van der Waals surface area contributed by atoms with Gasteiger partial charge in [-0.3, -0.25) is 14.9 Å². The van der Waals surface area contributed by atoms with Crippen LogP contribution in [0.1, 0.15) is 41.9 Å². The first-order valence-electron chi connectivity index (χ1n) is 8.84. The Labute approximate surface area is 170 Å². The second-order valence-electron chi connectivity index (χ2n) is 6.48. The fourth-order valence-electron chi connectivity index (χ4n) is 2.38. The van der Waals surface area contributed by atoms with Gasteiger partial charge in [0.15, 0.2) is 6.61 Å². The minimum Gasteiger partial charge on any atom is -0.471 e. The zero-order valence-electron chi connectivity index (χ0n) is 15.4. The van der Waals surface area contributed by atoms with Crippen LogP contribution < -0.4 is 15.4 Å². The van der Waals surface area contributed by atoms with Gasteiger partial charge in [0, 0.05) is 18.3 Å². The molecule has 0 saturated heterocycles. The predicted octanol–water partition coefficient (Wildman–Crippen LogP) is 3.01. The van der Waals surface area contributed by atoms with Crippen molar-refractivity contribution in [1.82, 2.24) is 20.3 Å². The van der Waals surface area contributed by atoms with Gasteiger partial charge < -0.3 is 10.1 Å². The number of nitrogens with zero attached hydrogens (tertiary/aromatic N) is 3. The average Bonchev–Trinajstić information content (AvgIpc) is 3.52. The number of hydrogen-bond donors (Lipinski definition) is 2. The van der Waals surface area contributed by atoms with Crippen LogP contribution in [0.3, 0.4) is 0 Å². The summed E-state index contributed by atoms with van der Waals surface area (Å²) in [5.74, 6) is -0.712. The summed E-state index contributed by atoms with van der Waals surface area (Å²) in [6.07, 6.45) is 1.79. The Morgan fingerprint density at radius 2 is 2.10 bits per heavy atom. The second kappa shape index (κ2) is 9.08. The summed E-state index contributed by atoms with van der Waals surface area (Å²) in [6, 6.07) is 2.39. The number of alkyl halides is 2. The molecular formula is C18H18ClF2N5O3. The molecule has 2 N–H and O–H groups in total. The van der Waals surface area contributed by atoms with Crippen molar-refractivity contribution >= 4 is 29.4 Å². The number of pyridine rings is 1. The van der Waals surface area contributed by atoms with Crippen LogP contribution in [-0.2, 0) is 4.79 Å². The molecule has 0 spiro atoms. The molecule has 154 valence electrons. The Morgan fingerprint density at radius 3 is 2.76 bits per heavy atom. The minimum atomic E-state index is -2.64. The van der Waals surface area contributed by atoms with E-state index < -0.39 is 25.0 Å². The Hall–Kier alpha value is -2.88. The van der Waals surface area contributed by atoms with Gasteiger partial charge in [-0.25, -0.2) is 23.7 Å². The van der Waals surface area contributed by atoms with E-state index in [1.165, 1.54) is 24.5 Å². The third-order valence-electron chi connectivity index (χ3n) is 4.09. The Kier molecular flexibility index (Phi) is 6.53. The maximum Gasteiger partial charge on any atom is 0.272 e. The Balaban J connectivity index is 1.62. The summed E-state index contributed by atoms with van der Waals surface area (Å²) < 4.78 is 29.3. The standard InChI is InChI=1S/C18H18ClF2N5O3/c1-9(11-6-12(19)17(23-7-11)29-8-14(20)21)24-16(28)13-4-5-22-18(25-13)26-15(27)10-2-3-10/h4-7,9-10,14H,2-3,8H2,1H3,(H,24,28)(H,22,25,26,27). The maximum absolute atomic E-state index is 12.5. The lowest BCUT2D eigenvalue weighted by Crippen LogP contribution is -2.28. The normalized spacial score (nSPS) is 14.4. The third-order valence-corrected chi connectivity index (χ3v) is 4.36. The summed E-state index contributed by atoms with van der Waals surface area (Å²) in [7, 11) is 0. The van der Waals surface area contributed by atoms with Crippen molar-refractivity contribution in [2.45, 2.75) is 32.2 Å². The number of amides is 2. The number of halogens is 3. The van der Waals surface area contributed by atoms with Gasteiger partial charge in [-0.15, -0.1) is 0 Å². The van der Waals surface area contributed by atoms with Crippen LogP contribution in [0.15, 0.2) is 24.5 Å². The molecule has 1 aliphatic carbocycles. The molecule has 1 fully saturated rings. The Bertz CT molecular complexity index is 911. The molecule has 29 heavy (non-hydrogen) atoms. The molecule has 2 aromatic rings. The van der Waals surface area contributed by atoms with Crippen molar-refractivity contribution in [2.75, 3.05) is 11.9 Å². The van der Waals surface area contributed by atoms with Gasteiger partial charge >= 0.3 is 0 Å². The van der Waals surface area contributed by atoms with Gasteiger partial charge in [0.2, 0.25) is 17.7 Å². The number of anilines is 1. The highest BCUT2D eigenvalue weighted by molar-refractivity contribution is 6.31. The van der Waals surface area contributed by atoms with Crippen molar-refractivity contribution in [2.24, 2.45) is 5.92 Å². The van der Waals surface area contributed by atoms with Crippen LogP contribution >= 0.6 is 11.6 Å². The third kappa shape index (κ3) is 5.80. The molecule has 1 aliphatic rings.